The van der Waals surface area contributed by atoms with Crippen molar-refractivity contribution in [3.8, 4) is 16.3 Å². The van der Waals surface area contributed by atoms with Crippen LogP contribution in [-0.4, -0.2) is 21.1 Å². The highest BCUT2D eigenvalue weighted by molar-refractivity contribution is 7.14. The molecule has 0 aliphatic carbocycles. The highest BCUT2D eigenvalue weighted by Crippen LogP contribution is 2.31. The number of phenols is 1. The SMILES string of the molecule is O=Nc1c(/C=N/n2c(-c3cccs3)cs/c2=N\c2ccccc2)ccc(O)c1CO. The molecule has 2 N–H and O–H groups in total. The fourth-order valence-corrected chi connectivity index (χ4v) is 4.48. The van der Waals surface area contributed by atoms with Crippen LogP contribution in [0.25, 0.3) is 10.6 Å². The van der Waals surface area contributed by atoms with E-state index in [2.05, 4.69) is 15.3 Å². The Morgan fingerprint density at radius 3 is 2.57 bits per heavy atom. The van der Waals surface area contributed by atoms with Crippen LogP contribution >= 0.6 is 22.7 Å². The molecule has 0 atom stereocenters. The van der Waals surface area contributed by atoms with Gasteiger partial charge in [-0.2, -0.15) is 5.10 Å². The summed E-state index contributed by atoms with van der Waals surface area (Å²) in [4.78, 5) is 17.7. The van der Waals surface area contributed by atoms with Gasteiger partial charge < -0.3 is 10.2 Å². The number of benzene rings is 2. The van der Waals surface area contributed by atoms with Gasteiger partial charge in [-0.1, -0.05) is 24.3 Å². The first-order chi connectivity index (χ1) is 14.7. The Labute approximate surface area is 179 Å². The van der Waals surface area contributed by atoms with Crippen LogP contribution in [0.5, 0.6) is 5.75 Å². The molecule has 0 saturated heterocycles. The quantitative estimate of drug-likeness (QED) is 0.329. The Bertz CT molecular complexity index is 1260. The fraction of sp³-hybridized carbons (Fsp3) is 0.0476. The second-order valence-corrected chi connectivity index (χ2v) is 7.92. The number of rotatable bonds is 6. The number of thiophene rings is 1. The third kappa shape index (κ3) is 3.99. The Kier molecular flexibility index (Phi) is 5.94. The highest BCUT2D eigenvalue weighted by atomic mass is 32.1. The van der Waals surface area contributed by atoms with E-state index in [1.165, 1.54) is 29.7 Å². The van der Waals surface area contributed by atoms with Gasteiger partial charge in [0.05, 0.1) is 29.1 Å². The molecule has 30 heavy (non-hydrogen) atoms. The molecule has 0 amide bonds. The molecule has 0 unspecified atom stereocenters. The van der Waals surface area contributed by atoms with Gasteiger partial charge in [-0.25, -0.2) is 9.67 Å². The largest absolute Gasteiger partial charge is 0.507 e. The van der Waals surface area contributed by atoms with Crippen LogP contribution in [0.4, 0.5) is 11.4 Å². The van der Waals surface area contributed by atoms with Crippen LogP contribution < -0.4 is 4.80 Å². The van der Waals surface area contributed by atoms with Crippen molar-refractivity contribution in [2.24, 2.45) is 15.3 Å². The van der Waals surface area contributed by atoms with Gasteiger partial charge >= 0.3 is 0 Å². The van der Waals surface area contributed by atoms with Gasteiger partial charge in [0.25, 0.3) is 0 Å². The van der Waals surface area contributed by atoms with Gasteiger partial charge in [-0.15, -0.1) is 27.6 Å². The molecule has 0 fully saturated rings. The zero-order valence-electron chi connectivity index (χ0n) is 15.5. The average molecular weight is 437 g/mol. The topological polar surface area (TPSA) is 99.5 Å². The van der Waals surface area contributed by atoms with E-state index >= 15 is 0 Å². The molecule has 150 valence electrons. The van der Waals surface area contributed by atoms with Crippen molar-refractivity contribution in [1.29, 1.82) is 0 Å². The van der Waals surface area contributed by atoms with E-state index in [4.69, 9.17) is 0 Å². The number of aliphatic hydroxyl groups excluding tert-OH is 1. The van der Waals surface area contributed by atoms with Crippen LogP contribution in [0.3, 0.4) is 0 Å². The van der Waals surface area contributed by atoms with E-state index in [1.807, 2.05) is 53.2 Å². The van der Waals surface area contributed by atoms with E-state index in [1.54, 1.807) is 16.0 Å². The number of hydrogen-bond acceptors (Lipinski definition) is 8. The van der Waals surface area contributed by atoms with Gasteiger partial charge in [0.1, 0.15) is 11.4 Å². The molecule has 2 heterocycles. The fourth-order valence-electron chi connectivity index (χ4n) is 2.83. The third-order valence-corrected chi connectivity index (χ3v) is 6.00. The standard InChI is InChI=1S/C21H16N4O3S2/c26-12-16-18(27)9-8-14(20(16)24-28)11-22-25-17(19-7-4-10-29-19)13-30-21(25)23-15-5-2-1-3-6-15/h1-11,13,26-27H,12H2/b22-11+,23-21-. The number of thiazole rings is 1. The minimum Gasteiger partial charge on any atom is -0.507 e. The van der Waals surface area contributed by atoms with Crippen LogP contribution in [0.2, 0.25) is 0 Å². The normalized spacial score (nSPS) is 12.0. The summed E-state index contributed by atoms with van der Waals surface area (Å²) in [5.41, 5.74) is 2.06. The lowest BCUT2D eigenvalue weighted by atomic mass is 10.1. The Hall–Kier alpha value is -3.40. The predicted molar refractivity (Wildman–Crippen MR) is 120 cm³/mol. The van der Waals surface area contributed by atoms with E-state index in [9.17, 15) is 15.1 Å². The first kappa shape index (κ1) is 19.9. The second-order valence-electron chi connectivity index (χ2n) is 6.14. The first-order valence-electron chi connectivity index (χ1n) is 8.89. The van der Waals surface area contributed by atoms with Gasteiger partial charge in [0, 0.05) is 16.5 Å². The summed E-state index contributed by atoms with van der Waals surface area (Å²) in [6.45, 7) is -0.505. The lowest BCUT2D eigenvalue weighted by Gasteiger charge is -2.06. The summed E-state index contributed by atoms with van der Waals surface area (Å²) < 4.78 is 1.70. The molecular weight excluding hydrogens is 420 g/mol. The molecule has 4 aromatic rings. The Morgan fingerprint density at radius 1 is 1.03 bits per heavy atom. The van der Waals surface area contributed by atoms with Crippen LogP contribution in [0.1, 0.15) is 11.1 Å². The Morgan fingerprint density at radius 2 is 1.87 bits per heavy atom. The molecule has 4 rings (SSSR count). The van der Waals surface area contributed by atoms with Crippen molar-refractivity contribution in [3.63, 3.8) is 0 Å². The Balaban J connectivity index is 1.85. The van der Waals surface area contributed by atoms with Crippen molar-refractivity contribution < 1.29 is 10.2 Å². The molecular formula is C21H16N4O3S2. The minimum absolute atomic E-state index is 0.0451. The summed E-state index contributed by atoms with van der Waals surface area (Å²) in [6.07, 6.45) is 1.48. The van der Waals surface area contributed by atoms with E-state index < -0.39 is 6.61 Å². The predicted octanol–water partition coefficient (Wildman–Crippen LogP) is 4.99. The maximum Gasteiger partial charge on any atom is 0.211 e. The molecule has 9 heteroatoms. The molecule has 2 aromatic heterocycles. The molecule has 0 spiro atoms. The molecule has 0 aliphatic rings. The zero-order valence-corrected chi connectivity index (χ0v) is 17.2. The first-order valence-corrected chi connectivity index (χ1v) is 10.6. The number of nitroso groups, excluding NO2 is 1. The maximum absolute atomic E-state index is 11.3. The van der Waals surface area contributed by atoms with Crippen molar-refractivity contribution in [1.82, 2.24) is 4.68 Å². The maximum atomic E-state index is 11.3. The summed E-state index contributed by atoms with van der Waals surface area (Å²) in [6, 6.07) is 16.4. The lowest BCUT2D eigenvalue weighted by Crippen LogP contribution is -2.11. The van der Waals surface area contributed by atoms with Crippen molar-refractivity contribution in [3.05, 3.63) is 86.2 Å². The molecule has 0 bridgehead atoms. The summed E-state index contributed by atoms with van der Waals surface area (Å²) >= 11 is 3.03. The molecule has 0 saturated carbocycles. The zero-order chi connectivity index (χ0) is 20.9. The number of aromatic nitrogens is 1. The number of aliphatic hydroxyl groups is 1. The van der Waals surface area contributed by atoms with Crippen molar-refractivity contribution in [2.45, 2.75) is 6.61 Å². The summed E-state index contributed by atoms with van der Waals surface area (Å²) in [5, 5.41) is 30.8. The number of nitrogens with zero attached hydrogens (tertiary/aromatic N) is 4. The van der Waals surface area contributed by atoms with E-state index in [-0.39, 0.29) is 17.0 Å². The van der Waals surface area contributed by atoms with Crippen molar-refractivity contribution in [2.75, 3.05) is 0 Å². The van der Waals surface area contributed by atoms with Crippen LogP contribution in [0, 0.1) is 4.91 Å². The smallest absolute Gasteiger partial charge is 0.211 e. The second kappa shape index (κ2) is 8.95. The molecule has 0 radical (unpaired) electrons. The van der Waals surface area contributed by atoms with Gasteiger partial charge in [0.2, 0.25) is 4.80 Å². The van der Waals surface area contributed by atoms with Gasteiger partial charge in [0.15, 0.2) is 0 Å². The van der Waals surface area contributed by atoms with Crippen LogP contribution in [-0.2, 0) is 6.61 Å². The molecule has 0 aliphatic heterocycles. The van der Waals surface area contributed by atoms with Crippen molar-refractivity contribution >= 4 is 40.3 Å². The lowest BCUT2D eigenvalue weighted by molar-refractivity contribution is 0.276. The number of para-hydroxylation sites is 1. The van der Waals surface area contributed by atoms with Gasteiger partial charge in [-0.3, -0.25) is 0 Å². The van der Waals surface area contributed by atoms with Crippen LogP contribution in [0.15, 0.2) is 80.6 Å². The average Bonchev–Trinajstić information content (AvgIpc) is 3.43. The monoisotopic (exact) mass is 436 g/mol. The number of aromatic hydroxyl groups is 1. The summed E-state index contributed by atoms with van der Waals surface area (Å²) in [5.74, 6) is -0.188. The minimum atomic E-state index is -0.505. The highest BCUT2D eigenvalue weighted by Gasteiger charge is 2.13. The van der Waals surface area contributed by atoms with E-state index in [0.29, 0.717) is 10.4 Å². The summed E-state index contributed by atoms with van der Waals surface area (Å²) in [7, 11) is 0. The molecule has 7 nitrogen and oxygen atoms in total. The third-order valence-electron chi connectivity index (χ3n) is 4.29. The van der Waals surface area contributed by atoms with E-state index in [0.717, 1.165) is 16.3 Å². The molecule has 2 aromatic carbocycles. The number of hydrogen-bond donors (Lipinski definition) is 2. The van der Waals surface area contributed by atoms with Gasteiger partial charge in [-0.05, 0) is 40.9 Å².